The third-order valence-electron chi connectivity index (χ3n) is 12.6. The molecule has 2 aromatic heterocycles. The van der Waals surface area contributed by atoms with Crippen LogP contribution in [0, 0.1) is 11.8 Å². The molecule has 7 atom stereocenters. The molecule has 3 aromatic carbocycles. The number of carbonyl (C=O) groups is 4. The molecule has 322 valence electrons. The molecule has 2 fully saturated rings. The average Bonchev–Trinajstić information content (AvgIpc) is 4.08. The smallest absolute Gasteiger partial charge is 0.407 e. The largest absolute Gasteiger partial charge is 0.488 e. The fraction of sp³-hybridized carbons (Fsp3) is 0.467. The van der Waals surface area contributed by atoms with Crippen molar-refractivity contribution in [2.45, 2.75) is 96.8 Å². The van der Waals surface area contributed by atoms with Crippen molar-refractivity contribution in [3.05, 3.63) is 65.9 Å². The Hall–Kier alpha value is -6.16. The van der Waals surface area contributed by atoms with Crippen LogP contribution < -0.4 is 15.4 Å². The first-order valence-corrected chi connectivity index (χ1v) is 20.9. The number of rotatable bonds is 10. The number of benzene rings is 3. The highest BCUT2D eigenvalue weighted by Gasteiger charge is 2.43. The van der Waals surface area contributed by atoms with Crippen molar-refractivity contribution in [3.63, 3.8) is 0 Å². The van der Waals surface area contributed by atoms with Crippen LogP contribution in [0.4, 0.5) is 9.59 Å². The van der Waals surface area contributed by atoms with Gasteiger partial charge in [-0.25, -0.2) is 19.6 Å². The van der Waals surface area contributed by atoms with E-state index in [2.05, 4.69) is 57.9 Å². The van der Waals surface area contributed by atoms with E-state index < -0.39 is 30.4 Å². The Bertz CT molecular complexity index is 2500. The van der Waals surface area contributed by atoms with E-state index in [1.807, 2.05) is 44.0 Å². The first-order chi connectivity index (χ1) is 29.3. The molecule has 0 aliphatic carbocycles. The van der Waals surface area contributed by atoms with Crippen LogP contribution in [-0.4, -0.2) is 106 Å². The van der Waals surface area contributed by atoms with Gasteiger partial charge in [-0.05, 0) is 91.3 Å². The maximum atomic E-state index is 14.0. The Morgan fingerprint density at radius 3 is 2.33 bits per heavy atom. The molecule has 0 saturated carbocycles. The van der Waals surface area contributed by atoms with Gasteiger partial charge in [0.15, 0.2) is 0 Å². The number of hydrogen-bond donors (Lipinski definition) is 4. The summed E-state index contributed by atoms with van der Waals surface area (Å²) in [5, 5.41) is 7.31. The maximum absolute atomic E-state index is 14.0. The molecule has 2 saturated heterocycles. The molecule has 5 heterocycles. The number of nitrogens with one attached hydrogen (secondary N) is 4. The number of amides is 4. The van der Waals surface area contributed by atoms with E-state index >= 15 is 0 Å². The van der Waals surface area contributed by atoms with Crippen LogP contribution in [0.3, 0.4) is 0 Å². The second-order valence-electron chi connectivity index (χ2n) is 16.9. The van der Waals surface area contributed by atoms with E-state index in [0.717, 1.165) is 68.3 Å². The zero-order valence-electron chi connectivity index (χ0n) is 35.8. The van der Waals surface area contributed by atoms with Crippen LogP contribution in [0.15, 0.2) is 48.7 Å². The standard InChI is InChI=1S/C45H54N8O8/c1-22(2)37(50-44(56)59-7)43(55)53-24(4)9-14-34(53)40-46-19-33(48-40)27-10-12-29-28(16-27)21-61-36-18-30-26(17-31(29)36)11-13-32-39(30)49-41(47-32)35-15-23(3)20-52(35)42(54)38(25(5)58-6)51-45(57)60-8/h10-13,16-19,22-25,34-35,37-38H,9,14-15,20-21H2,1-8H3,(H,46,48)(H,47,49)(H,50,56)(H,51,57)/t23-,24-,25+,34-,35-,37-,38-/m0/s1. The molecule has 3 aliphatic heterocycles. The second kappa shape index (κ2) is 16.7. The van der Waals surface area contributed by atoms with Crippen molar-refractivity contribution in [2.24, 2.45) is 11.8 Å². The quantitative estimate of drug-likeness (QED) is 0.117. The second-order valence-corrected chi connectivity index (χ2v) is 16.9. The number of methoxy groups -OCH3 is 3. The minimum atomic E-state index is -0.930. The number of carbonyl (C=O) groups excluding carboxylic acids is 4. The van der Waals surface area contributed by atoms with Crippen LogP contribution in [0.1, 0.15) is 83.2 Å². The van der Waals surface area contributed by atoms with E-state index in [1.54, 1.807) is 11.8 Å². The monoisotopic (exact) mass is 834 g/mol. The number of alkyl carbamates (subject to hydrolysis) is 2. The van der Waals surface area contributed by atoms with Gasteiger partial charge in [0, 0.05) is 30.6 Å². The lowest BCUT2D eigenvalue weighted by molar-refractivity contribution is -0.138. The number of hydrogen-bond acceptors (Lipinski definition) is 10. The van der Waals surface area contributed by atoms with Crippen LogP contribution in [-0.2, 0) is 30.4 Å². The fourth-order valence-electron chi connectivity index (χ4n) is 9.20. The Morgan fingerprint density at radius 2 is 1.61 bits per heavy atom. The highest BCUT2D eigenvalue weighted by atomic mass is 16.5. The van der Waals surface area contributed by atoms with Gasteiger partial charge in [-0.1, -0.05) is 39.0 Å². The first kappa shape index (κ1) is 41.6. The van der Waals surface area contributed by atoms with Crippen molar-refractivity contribution in [2.75, 3.05) is 27.9 Å². The topological polar surface area (TPSA) is 193 Å². The number of aromatic nitrogens is 4. The molecule has 4 N–H and O–H groups in total. The lowest BCUT2D eigenvalue weighted by atomic mass is 9.92. The van der Waals surface area contributed by atoms with E-state index in [4.69, 9.17) is 28.9 Å². The van der Waals surface area contributed by atoms with Gasteiger partial charge >= 0.3 is 12.2 Å². The van der Waals surface area contributed by atoms with Gasteiger partial charge in [-0.3, -0.25) is 9.59 Å². The molecule has 16 heteroatoms. The normalized spacial score (nSPS) is 21.1. The van der Waals surface area contributed by atoms with Gasteiger partial charge in [0.25, 0.3) is 0 Å². The van der Waals surface area contributed by atoms with Crippen molar-refractivity contribution in [1.82, 2.24) is 40.4 Å². The van der Waals surface area contributed by atoms with E-state index in [9.17, 15) is 19.2 Å². The van der Waals surface area contributed by atoms with Gasteiger partial charge in [-0.15, -0.1) is 0 Å². The lowest BCUT2D eigenvalue weighted by Crippen LogP contribution is -2.54. The van der Waals surface area contributed by atoms with Crippen molar-refractivity contribution in [3.8, 4) is 28.1 Å². The lowest BCUT2D eigenvalue weighted by Gasteiger charge is -2.32. The Labute approximate surface area is 354 Å². The summed E-state index contributed by atoms with van der Waals surface area (Å²) in [5.74, 6) is 1.80. The summed E-state index contributed by atoms with van der Waals surface area (Å²) >= 11 is 0. The first-order valence-electron chi connectivity index (χ1n) is 20.9. The van der Waals surface area contributed by atoms with E-state index in [0.29, 0.717) is 31.2 Å². The molecule has 3 aliphatic rings. The van der Waals surface area contributed by atoms with Crippen molar-refractivity contribution >= 4 is 45.8 Å². The van der Waals surface area contributed by atoms with Gasteiger partial charge in [0.2, 0.25) is 11.8 Å². The number of H-pyrrole nitrogens is 2. The summed E-state index contributed by atoms with van der Waals surface area (Å²) in [4.78, 5) is 72.6. The summed E-state index contributed by atoms with van der Waals surface area (Å²) in [6.45, 7) is 10.6. The van der Waals surface area contributed by atoms with Crippen LogP contribution in [0.25, 0.3) is 44.2 Å². The third kappa shape index (κ3) is 7.73. The number of ether oxygens (including phenoxy) is 4. The number of imidazole rings is 2. The highest BCUT2D eigenvalue weighted by molar-refractivity contribution is 6.07. The maximum Gasteiger partial charge on any atom is 0.407 e. The Balaban J connectivity index is 1.05. The SMILES string of the molecule is COC(=O)N[C@H](C(=O)N1[C@@H](C)CC[C@H]1c1ncc(-c2ccc3c(c2)COc2cc4c(ccc5[nH]c([C@@H]6C[C@H](C)CN6C(=O)[C@@H](NC(=O)OC)[C@@H](C)OC)nc54)cc2-3)[nH]1)C(C)C. The summed E-state index contributed by atoms with van der Waals surface area (Å²) in [6, 6.07) is 12.3. The van der Waals surface area contributed by atoms with Gasteiger partial charge < -0.3 is 49.3 Å². The van der Waals surface area contributed by atoms with Gasteiger partial charge in [-0.2, -0.15) is 0 Å². The molecular weight excluding hydrogens is 781 g/mol. The molecule has 0 bridgehead atoms. The molecular formula is C45H54N8O8. The molecule has 0 radical (unpaired) electrons. The number of aromatic amines is 2. The molecule has 0 spiro atoms. The summed E-state index contributed by atoms with van der Waals surface area (Å²) in [5.41, 5.74) is 6.50. The zero-order chi connectivity index (χ0) is 43.3. The molecule has 0 unspecified atom stereocenters. The average molecular weight is 835 g/mol. The third-order valence-corrected chi connectivity index (χ3v) is 12.6. The number of fused-ring (bicyclic) bond motifs is 6. The Morgan fingerprint density at radius 1 is 0.852 bits per heavy atom. The molecule has 61 heavy (non-hydrogen) atoms. The van der Waals surface area contributed by atoms with E-state index in [1.165, 1.54) is 21.3 Å². The van der Waals surface area contributed by atoms with Crippen LogP contribution in [0.2, 0.25) is 0 Å². The van der Waals surface area contributed by atoms with Crippen molar-refractivity contribution < 1.29 is 38.1 Å². The van der Waals surface area contributed by atoms with E-state index in [-0.39, 0.29) is 41.8 Å². The van der Waals surface area contributed by atoms with Crippen molar-refractivity contribution in [1.29, 1.82) is 0 Å². The number of nitrogens with zero attached hydrogens (tertiary/aromatic N) is 4. The molecule has 8 rings (SSSR count). The Kier molecular flexibility index (Phi) is 11.4. The zero-order valence-corrected chi connectivity index (χ0v) is 35.8. The predicted octanol–water partition coefficient (Wildman–Crippen LogP) is 6.77. The summed E-state index contributed by atoms with van der Waals surface area (Å²) in [6.07, 6.45) is 2.17. The fourth-order valence-corrected chi connectivity index (χ4v) is 9.20. The van der Waals surface area contributed by atoms with Crippen LogP contribution >= 0.6 is 0 Å². The number of likely N-dealkylation sites (tertiary alicyclic amines) is 2. The molecule has 16 nitrogen and oxygen atoms in total. The van der Waals surface area contributed by atoms with Gasteiger partial charge in [0.05, 0.1) is 55.3 Å². The van der Waals surface area contributed by atoms with Crippen LogP contribution in [0.5, 0.6) is 5.75 Å². The molecule has 5 aromatic rings. The summed E-state index contributed by atoms with van der Waals surface area (Å²) in [7, 11) is 4.06. The summed E-state index contributed by atoms with van der Waals surface area (Å²) < 4.78 is 21.5. The minimum Gasteiger partial charge on any atom is -0.488 e. The highest BCUT2D eigenvalue weighted by Crippen LogP contribution is 2.44. The molecule has 4 amide bonds. The van der Waals surface area contributed by atoms with Gasteiger partial charge in [0.1, 0.15) is 36.1 Å². The predicted molar refractivity (Wildman–Crippen MR) is 227 cm³/mol. The minimum absolute atomic E-state index is 0.0198.